The first kappa shape index (κ1) is 18.0. The van der Waals surface area contributed by atoms with Crippen LogP contribution >= 0.6 is 0 Å². The van der Waals surface area contributed by atoms with Gasteiger partial charge in [0.15, 0.2) is 14.1 Å². The topological polar surface area (TPSA) is 26.3 Å². The van der Waals surface area contributed by atoms with Gasteiger partial charge in [0.1, 0.15) is 0 Å². The number of ketones is 1. The van der Waals surface area contributed by atoms with Crippen molar-refractivity contribution in [2.45, 2.75) is 91.0 Å². The smallest absolute Gasteiger partial charge is 0.184 e. The van der Waals surface area contributed by atoms with E-state index in [1.807, 2.05) is 6.08 Å². The van der Waals surface area contributed by atoms with E-state index in [1.54, 1.807) is 0 Å². The molecule has 0 aromatic heterocycles. The molecule has 4 rings (SSSR count). The maximum Gasteiger partial charge on any atom is 0.184 e. The third-order valence-electron chi connectivity index (χ3n) is 8.37. The number of hydrogen-bond donors (Lipinski definition) is 0. The summed E-state index contributed by atoms with van der Waals surface area (Å²) in [7, 11) is -1.49. The van der Waals surface area contributed by atoms with Crippen molar-refractivity contribution in [3.63, 3.8) is 0 Å². The Bertz CT molecular complexity index is 604. The first-order chi connectivity index (χ1) is 11.6. The Morgan fingerprint density at radius 2 is 1.76 bits per heavy atom. The van der Waals surface area contributed by atoms with Crippen molar-refractivity contribution < 1.29 is 9.22 Å². The minimum Gasteiger partial charge on any atom is -0.414 e. The van der Waals surface area contributed by atoms with Crippen molar-refractivity contribution in [3.05, 3.63) is 11.6 Å². The Balaban J connectivity index is 1.60. The maximum absolute atomic E-state index is 11.9. The number of allylic oxidation sites excluding steroid dienone is 1. The molecule has 0 aromatic rings. The SMILES string of the molecule is C[C@]12CC[C@H]3[C@@H](CCC4=CC(=O)CC[C@@]43C)[C@@H]1CC[C@H]2O[Si](C)(C)C. The summed E-state index contributed by atoms with van der Waals surface area (Å²) in [5, 5.41) is 0. The molecule has 2 nitrogen and oxygen atoms in total. The molecule has 0 aliphatic heterocycles. The molecule has 0 heterocycles. The van der Waals surface area contributed by atoms with Crippen molar-refractivity contribution >= 4 is 14.1 Å². The van der Waals surface area contributed by atoms with Gasteiger partial charge in [-0.05, 0) is 99.2 Å². The van der Waals surface area contributed by atoms with Gasteiger partial charge in [-0.3, -0.25) is 4.79 Å². The molecule has 3 saturated carbocycles. The zero-order chi connectivity index (χ0) is 18.0. The van der Waals surface area contributed by atoms with Crippen LogP contribution in [0.1, 0.15) is 65.2 Å². The Kier molecular flexibility index (Phi) is 4.16. The molecule has 4 aliphatic carbocycles. The zero-order valence-electron chi connectivity index (χ0n) is 16.9. The molecule has 3 heteroatoms. The van der Waals surface area contributed by atoms with Crippen molar-refractivity contribution in [1.82, 2.24) is 0 Å². The lowest BCUT2D eigenvalue weighted by molar-refractivity contribution is -0.117. The van der Waals surface area contributed by atoms with E-state index < -0.39 is 8.32 Å². The van der Waals surface area contributed by atoms with Gasteiger partial charge in [0.25, 0.3) is 0 Å². The fraction of sp³-hybridized carbons (Fsp3) is 0.864. The van der Waals surface area contributed by atoms with Gasteiger partial charge in [0.2, 0.25) is 0 Å². The molecular weight excluding hydrogens is 324 g/mol. The van der Waals surface area contributed by atoms with Gasteiger partial charge in [-0.25, -0.2) is 0 Å². The highest BCUT2D eigenvalue weighted by Gasteiger charge is 2.59. The molecule has 0 radical (unpaired) electrons. The van der Waals surface area contributed by atoms with Crippen LogP contribution in [-0.2, 0) is 9.22 Å². The first-order valence-corrected chi connectivity index (χ1v) is 14.0. The van der Waals surface area contributed by atoms with Crippen LogP contribution in [0.15, 0.2) is 11.6 Å². The molecule has 4 aliphatic rings. The van der Waals surface area contributed by atoms with Crippen LogP contribution in [0.3, 0.4) is 0 Å². The van der Waals surface area contributed by atoms with E-state index in [0.717, 1.165) is 37.0 Å². The lowest BCUT2D eigenvalue weighted by Gasteiger charge is -2.58. The third-order valence-corrected chi connectivity index (χ3v) is 9.36. The summed E-state index contributed by atoms with van der Waals surface area (Å²) in [6, 6.07) is 0. The molecule has 0 amide bonds. The number of carbonyl (C=O) groups excluding carboxylic acids is 1. The minimum atomic E-state index is -1.49. The van der Waals surface area contributed by atoms with E-state index in [0.29, 0.717) is 22.7 Å². The second-order valence-corrected chi connectivity index (χ2v) is 15.3. The average molecular weight is 361 g/mol. The Morgan fingerprint density at radius 1 is 1.00 bits per heavy atom. The van der Waals surface area contributed by atoms with Gasteiger partial charge in [-0.2, -0.15) is 0 Å². The first-order valence-electron chi connectivity index (χ1n) is 10.6. The molecule has 0 N–H and O–H groups in total. The Hall–Kier alpha value is -0.413. The Morgan fingerprint density at radius 3 is 2.48 bits per heavy atom. The van der Waals surface area contributed by atoms with Crippen LogP contribution in [0.2, 0.25) is 19.6 Å². The summed E-state index contributed by atoms with van der Waals surface area (Å²) in [5.41, 5.74) is 2.18. The standard InChI is InChI=1S/C22H36O2Si/c1-21-12-10-16(23)14-15(21)6-7-17-18-8-9-20(24-25(3,4)5)22(18,2)13-11-19(17)21/h14,17-20H,6-13H2,1-5H3/t17-,18-,19-,20+,21-,22-/m0/s1. The van der Waals surface area contributed by atoms with Crippen LogP contribution in [0.4, 0.5) is 0 Å². The predicted molar refractivity (Wildman–Crippen MR) is 105 cm³/mol. The fourth-order valence-electron chi connectivity index (χ4n) is 7.13. The quantitative estimate of drug-likeness (QED) is 0.587. The number of hydrogen-bond acceptors (Lipinski definition) is 2. The number of rotatable bonds is 2. The molecular formula is C22H36O2Si. The van der Waals surface area contributed by atoms with E-state index in [1.165, 1.54) is 37.7 Å². The van der Waals surface area contributed by atoms with Crippen LogP contribution in [0.25, 0.3) is 0 Å². The van der Waals surface area contributed by atoms with E-state index >= 15 is 0 Å². The van der Waals surface area contributed by atoms with Crippen LogP contribution in [0.5, 0.6) is 0 Å². The summed E-state index contributed by atoms with van der Waals surface area (Å²) in [5.74, 6) is 2.85. The van der Waals surface area contributed by atoms with E-state index in [4.69, 9.17) is 4.43 Å². The molecule has 25 heavy (non-hydrogen) atoms. The maximum atomic E-state index is 11.9. The van der Waals surface area contributed by atoms with E-state index in [-0.39, 0.29) is 0 Å². The molecule has 0 bridgehead atoms. The molecule has 0 aromatic carbocycles. The van der Waals surface area contributed by atoms with Crippen LogP contribution < -0.4 is 0 Å². The van der Waals surface area contributed by atoms with Gasteiger partial charge in [-0.15, -0.1) is 0 Å². The second-order valence-electron chi connectivity index (χ2n) is 10.8. The van der Waals surface area contributed by atoms with E-state index in [2.05, 4.69) is 33.5 Å². The second kappa shape index (κ2) is 5.79. The minimum absolute atomic E-state index is 0.301. The normalized spacial score (nSPS) is 46.9. The highest BCUT2D eigenvalue weighted by Crippen LogP contribution is 2.65. The predicted octanol–water partition coefficient (Wildman–Crippen LogP) is 5.74. The lowest BCUT2D eigenvalue weighted by atomic mass is 9.47. The summed E-state index contributed by atoms with van der Waals surface area (Å²) >= 11 is 0. The highest BCUT2D eigenvalue weighted by molar-refractivity contribution is 6.69. The largest absolute Gasteiger partial charge is 0.414 e. The molecule has 0 saturated heterocycles. The average Bonchev–Trinajstić information content (AvgIpc) is 2.83. The summed E-state index contributed by atoms with van der Waals surface area (Å²) < 4.78 is 6.68. The van der Waals surface area contributed by atoms with Crippen molar-refractivity contribution in [1.29, 1.82) is 0 Å². The molecule has 3 fully saturated rings. The van der Waals surface area contributed by atoms with Gasteiger partial charge in [-0.1, -0.05) is 19.4 Å². The molecule has 140 valence electrons. The summed E-state index contributed by atoms with van der Waals surface area (Å²) in [6.45, 7) is 12.0. The third kappa shape index (κ3) is 2.81. The van der Waals surface area contributed by atoms with Gasteiger partial charge in [0, 0.05) is 6.42 Å². The lowest BCUT2D eigenvalue weighted by Crippen LogP contribution is -2.52. The zero-order valence-corrected chi connectivity index (χ0v) is 17.9. The van der Waals surface area contributed by atoms with Crippen LogP contribution in [-0.4, -0.2) is 20.2 Å². The highest BCUT2D eigenvalue weighted by atomic mass is 28.4. The molecule has 0 unspecified atom stereocenters. The molecule has 0 spiro atoms. The van der Waals surface area contributed by atoms with Gasteiger partial charge in [0.05, 0.1) is 6.10 Å². The van der Waals surface area contributed by atoms with Gasteiger partial charge < -0.3 is 4.43 Å². The molecule has 6 atom stereocenters. The van der Waals surface area contributed by atoms with Crippen molar-refractivity contribution in [2.75, 3.05) is 0 Å². The number of fused-ring (bicyclic) bond motifs is 5. The monoisotopic (exact) mass is 360 g/mol. The summed E-state index contributed by atoms with van der Waals surface area (Å²) in [6.07, 6.45) is 12.1. The van der Waals surface area contributed by atoms with E-state index in [9.17, 15) is 4.79 Å². The van der Waals surface area contributed by atoms with Crippen molar-refractivity contribution in [2.24, 2.45) is 28.6 Å². The Labute approximate surface area is 154 Å². The number of carbonyl (C=O) groups is 1. The van der Waals surface area contributed by atoms with Crippen LogP contribution in [0, 0.1) is 28.6 Å². The van der Waals surface area contributed by atoms with Crippen molar-refractivity contribution in [3.8, 4) is 0 Å². The summed E-state index contributed by atoms with van der Waals surface area (Å²) in [4.78, 5) is 11.9. The fourth-order valence-corrected chi connectivity index (χ4v) is 8.37. The van der Waals surface area contributed by atoms with Gasteiger partial charge >= 0.3 is 0 Å².